The van der Waals surface area contributed by atoms with E-state index in [1.807, 2.05) is 0 Å². The summed E-state index contributed by atoms with van der Waals surface area (Å²) in [7, 11) is -0.959. The molecule has 1 unspecified atom stereocenters. The van der Waals surface area contributed by atoms with Crippen molar-refractivity contribution in [3.05, 3.63) is 0 Å². The molecular weight excluding hydrogens is 206 g/mol. The Hall–Kier alpha value is 0.237. The Bertz CT molecular complexity index is 240. The molecule has 2 rings (SSSR count). The van der Waals surface area contributed by atoms with Crippen LogP contribution < -0.4 is 0 Å². The van der Waals surface area contributed by atoms with Crippen molar-refractivity contribution in [1.82, 2.24) is 0 Å². The van der Waals surface area contributed by atoms with E-state index >= 15 is 0 Å². The minimum Gasteiger partial charge on any atom is -0.290 e. The lowest BCUT2D eigenvalue weighted by molar-refractivity contribution is 0.895. The molecule has 0 aromatic heterocycles. The first-order chi connectivity index (χ1) is 6.54. The number of aliphatic imine (C=N–C) groups is 1. The number of hydrogen-bond acceptors (Lipinski definition) is 2. The van der Waals surface area contributed by atoms with Gasteiger partial charge in [0.2, 0.25) is 0 Å². The fraction of sp³-hybridized carbons (Fsp3) is 0.909. The van der Waals surface area contributed by atoms with Gasteiger partial charge >= 0.3 is 0 Å². The lowest BCUT2D eigenvalue weighted by Crippen LogP contribution is -2.23. The van der Waals surface area contributed by atoms with Crippen LogP contribution in [0.3, 0.4) is 0 Å². The quantitative estimate of drug-likeness (QED) is 0.670. The first-order valence-electron chi connectivity index (χ1n) is 5.79. The van der Waals surface area contributed by atoms with Crippen LogP contribution in [0.25, 0.3) is 0 Å². The Kier molecular flexibility index (Phi) is 3.08. The molecule has 0 aliphatic heterocycles. The second kappa shape index (κ2) is 4.01. The third kappa shape index (κ3) is 3.12. The van der Waals surface area contributed by atoms with Crippen LogP contribution >= 0.6 is 11.2 Å². The fourth-order valence-corrected chi connectivity index (χ4v) is 6.71. The molecule has 0 bridgehead atoms. The lowest BCUT2D eigenvalue weighted by Gasteiger charge is -2.21. The van der Waals surface area contributed by atoms with Crippen LogP contribution in [0.1, 0.15) is 32.1 Å². The Labute approximate surface area is 92.4 Å². The van der Waals surface area contributed by atoms with Gasteiger partial charge in [-0.1, -0.05) is 19.6 Å². The van der Waals surface area contributed by atoms with E-state index < -0.39 is 7.22 Å². The zero-order chi connectivity index (χ0) is 10.2. The maximum absolute atomic E-state index is 4.87. The maximum atomic E-state index is 4.87. The SMILES string of the molecule is C[Si](C)(C)SC1CCCC1=NC1CC1. The molecular formula is C11H21NSSi. The molecule has 2 aliphatic rings. The van der Waals surface area contributed by atoms with Gasteiger partial charge in [0, 0.05) is 11.0 Å². The van der Waals surface area contributed by atoms with Gasteiger partial charge in [-0.25, -0.2) is 0 Å². The third-order valence-electron chi connectivity index (χ3n) is 2.66. The van der Waals surface area contributed by atoms with Crippen molar-refractivity contribution >= 4 is 24.1 Å². The summed E-state index contributed by atoms with van der Waals surface area (Å²) in [4.78, 5) is 4.87. The van der Waals surface area contributed by atoms with E-state index in [0.29, 0.717) is 0 Å². The van der Waals surface area contributed by atoms with E-state index in [4.69, 9.17) is 4.99 Å². The smallest absolute Gasteiger partial charge is 0.109 e. The summed E-state index contributed by atoms with van der Waals surface area (Å²) >= 11 is 2.25. The van der Waals surface area contributed by atoms with E-state index in [-0.39, 0.29) is 0 Å². The molecule has 2 saturated carbocycles. The third-order valence-corrected chi connectivity index (χ3v) is 7.14. The topological polar surface area (TPSA) is 12.4 Å². The lowest BCUT2D eigenvalue weighted by atomic mass is 10.3. The van der Waals surface area contributed by atoms with Crippen LogP contribution in [0.15, 0.2) is 4.99 Å². The summed E-state index contributed by atoms with van der Waals surface area (Å²) < 4.78 is 0. The summed E-state index contributed by atoms with van der Waals surface area (Å²) in [5.41, 5.74) is 1.56. The highest BCUT2D eigenvalue weighted by Crippen LogP contribution is 2.36. The van der Waals surface area contributed by atoms with Crippen LogP contribution in [0, 0.1) is 0 Å². The number of rotatable bonds is 3. The number of hydrogen-bond donors (Lipinski definition) is 0. The van der Waals surface area contributed by atoms with Gasteiger partial charge in [-0.2, -0.15) is 11.2 Å². The average molecular weight is 227 g/mol. The second-order valence-corrected chi connectivity index (χ2v) is 14.9. The van der Waals surface area contributed by atoms with Gasteiger partial charge in [-0.3, -0.25) is 4.99 Å². The van der Waals surface area contributed by atoms with Crippen molar-refractivity contribution in [2.75, 3.05) is 0 Å². The molecule has 0 radical (unpaired) electrons. The molecule has 0 N–H and O–H groups in total. The maximum Gasteiger partial charge on any atom is 0.109 e. The van der Waals surface area contributed by atoms with Gasteiger partial charge in [0.15, 0.2) is 0 Å². The predicted molar refractivity (Wildman–Crippen MR) is 69.0 cm³/mol. The van der Waals surface area contributed by atoms with Crippen molar-refractivity contribution in [2.45, 2.75) is 63.0 Å². The summed E-state index contributed by atoms with van der Waals surface area (Å²) in [6.45, 7) is 7.35. The highest BCUT2D eigenvalue weighted by atomic mass is 32.4. The molecule has 0 heterocycles. The van der Waals surface area contributed by atoms with Crippen molar-refractivity contribution < 1.29 is 0 Å². The Morgan fingerprint density at radius 1 is 1.21 bits per heavy atom. The monoisotopic (exact) mass is 227 g/mol. The molecule has 3 heteroatoms. The number of nitrogens with zero attached hydrogens (tertiary/aromatic N) is 1. The Morgan fingerprint density at radius 2 is 1.93 bits per heavy atom. The summed E-state index contributed by atoms with van der Waals surface area (Å²) in [6.07, 6.45) is 6.77. The first-order valence-corrected chi connectivity index (χ1v) is 10.9. The summed E-state index contributed by atoms with van der Waals surface area (Å²) in [5.74, 6) is 0. The van der Waals surface area contributed by atoms with Gasteiger partial charge in [0.05, 0.1) is 6.04 Å². The van der Waals surface area contributed by atoms with Crippen molar-refractivity contribution in [3.63, 3.8) is 0 Å². The minimum absolute atomic E-state index is 0.729. The molecule has 1 nitrogen and oxygen atoms in total. The van der Waals surface area contributed by atoms with Gasteiger partial charge in [0.25, 0.3) is 0 Å². The van der Waals surface area contributed by atoms with E-state index in [1.54, 1.807) is 5.71 Å². The second-order valence-electron chi connectivity index (χ2n) is 5.46. The molecule has 0 aromatic rings. The molecule has 2 fully saturated rings. The summed E-state index contributed by atoms with van der Waals surface area (Å²) in [6, 6.07) is 0.729. The molecule has 80 valence electrons. The van der Waals surface area contributed by atoms with E-state index in [2.05, 4.69) is 30.9 Å². The predicted octanol–water partition coefficient (Wildman–Crippen LogP) is 3.71. The van der Waals surface area contributed by atoms with Crippen LogP contribution in [0.5, 0.6) is 0 Å². The van der Waals surface area contributed by atoms with Gasteiger partial charge < -0.3 is 0 Å². The van der Waals surface area contributed by atoms with E-state index in [9.17, 15) is 0 Å². The van der Waals surface area contributed by atoms with Crippen molar-refractivity contribution in [1.29, 1.82) is 0 Å². The van der Waals surface area contributed by atoms with Crippen LogP contribution in [0.2, 0.25) is 19.6 Å². The molecule has 0 aromatic carbocycles. The Morgan fingerprint density at radius 3 is 2.50 bits per heavy atom. The first kappa shape index (κ1) is 10.7. The molecule has 0 amide bonds. The molecule has 2 aliphatic carbocycles. The minimum atomic E-state index is -0.959. The van der Waals surface area contributed by atoms with E-state index in [1.165, 1.54) is 32.1 Å². The van der Waals surface area contributed by atoms with Gasteiger partial charge in [0.1, 0.15) is 7.22 Å². The zero-order valence-corrected chi connectivity index (χ0v) is 11.4. The largest absolute Gasteiger partial charge is 0.290 e. The Balaban J connectivity index is 1.96. The van der Waals surface area contributed by atoms with Crippen molar-refractivity contribution in [3.8, 4) is 0 Å². The summed E-state index contributed by atoms with van der Waals surface area (Å²) in [5, 5.41) is 0.794. The van der Waals surface area contributed by atoms with Crippen LogP contribution in [0.4, 0.5) is 0 Å². The molecule has 0 spiro atoms. The fourth-order valence-electron chi connectivity index (χ4n) is 1.94. The van der Waals surface area contributed by atoms with Gasteiger partial charge in [-0.05, 0) is 32.1 Å². The van der Waals surface area contributed by atoms with Crippen molar-refractivity contribution in [2.24, 2.45) is 4.99 Å². The molecule has 1 atom stereocenters. The average Bonchev–Trinajstić information content (AvgIpc) is 2.74. The van der Waals surface area contributed by atoms with Gasteiger partial charge in [-0.15, -0.1) is 0 Å². The molecule has 0 saturated heterocycles. The highest BCUT2D eigenvalue weighted by molar-refractivity contribution is 8.29. The normalized spacial score (nSPS) is 31.4. The van der Waals surface area contributed by atoms with Crippen LogP contribution in [-0.4, -0.2) is 24.2 Å². The van der Waals surface area contributed by atoms with E-state index in [0.717, 1.165) is 11.3 Å². The highest BCUT2D eigenvalue weighted by Gasteiger charge is 2.30. The zero-order valence-electron chi connectivity index (χ0n) is 9.55. The molecule has 14 heavy (non-hydrogen) atoms. The van der Waals surface area contributed by atoms with Crippen LogP contribution in [-0.2, 0) is 0 Å². The standard InChI is InChI=1S/C11H21NSSi/c1-14(2,3)13-11-6-4-5-10(11)12-9-7-8-9/h9,11H,4-8H2,1-3H3.